The second-order valence-electron chi connectivity index (χ2n) is 4.72. The Bertz CT molecular complexity index is 388. The lowest BCUT2D eigenvalue weighted by Gasteiger charge is -2.27. The lowest BCUT2D eigenvalue weighted by molar-refractivity contribution is -0.133. The minimum atomic E-state index is 0. The van der Waals surface area contributed by atoms with E-state index in [1.165, 1.54) is 16.9 Å². The van der Waals surface area contributed by atoms with Gasteiger partial charge in [0.2, 0.25) is 5.91 Å². The molecule has 0 saturated carbocycles. The van der Waals surface area contributed by atoms with Gasteiger partial charge in [-0.1, -0.05) is 6.42 Å². The Labute approximate surface area is 119 Å². The quantitative estimate of drug-likeness (QED) is 0.927. The Kier molecular flexibility index (Phi) is 6.12. The predicted octanol–water partition coefficient (Wildman–Crippen LogP) is 2.58. The van der Waals surface area contributed by atoms with E-state index < -0.39 is 0 Å². The molecule has 0 spiro atoms. The van der Waals surface area contributed by atoms with Crippen LogP contribution < -0.4 is 5.32 Å². The van der Waals surface area contributed by atoms with E-state index >= 15 is 0 Å². The van der Waals surface area contributed by atoms with E-state index in [1.54, 1.807) is 11.3 Å². The van der Waals surface area contributed by atoms with Gasteiger partial charge in [-0.15, -0.1) is 23.7 Å². The molecule has 1 aliphatic rings. The number of piperidine rings is 1. The van der Waals surface area contributed by atoms with Gasteiger partial charge >= 0.3 is 0 Å². The van der Waals surface area contributed by atoms with Crippen molar-refractivity contribution < 1.29 is 4.79 Å². The Morgan fingerprint density at radius 1 is 1.56 bits per heavy atom. The van der Waals surface area contributed by atoms with Crippen molar-refractivity contribution in [2.75, 3.05) is 13.6 Å². The van der Waals surface area contributed by atoms with Crippen LogP contribution in [0, 0.1) is 6.92 Å². The Hall–Kier alpha value is -0.580. The smallest absolute Gasteiger partial charge is 0.239 e. The summed E-state index contributed by atoms with van der Waals surface area (Å²) >= 11 is 1.73. The van der Waals surface area contributed by atoms with Crippen molar-refractivity contribution >= 4 is 29.7 Å². The Balaban J connectivity index is 0.00000162. The lowest BCUT2D eigenvalue weighted by Crippen LogP contribution is -2.46. The number of halogens is 1. The fourth-order valence-corrected chi connectivity index (χ4v) is 3.15. The average Bonchev–Trinajstić information content (AvgIpc) is 2.75. The number of hydrogen-bond acceptors (Lipinski definition) is 3. The molecule has 0 bridgehead atoms. The molecule has 1 unspecified atom stereocenters. The van der Waals surface area contributed by atoms with Gasteiger partial charge in [0.1, 0.15) is 0 Å². The minimum Gasteiger partial charge on any atom is -0.339 e. The first-order valence-corrected chi connectivity index (χ1v) is 7.08. The van der Waals surface area contributed by atoms with Gasteiger partial charge in [0, 0.05) is 11.9 Å². The summed E-state index contributed by atoms with van der Waals surface area (Å²) in [5.74, 6) is 0.234. The second kappa shape index (κ2) is 7.12. The van der Waals surface area contributed by atoms with Gasteiger partial charge in [0.25, 0.3) is 0 Å². The van der Waals surface area contributed by atoms with Gasteiger partial charge < -0.3 is 10.2 Å². The molecule has 0 aromatic carbocycles. The van der Waals surface area contributed by atoms with Crippen LogP contribution in [0.25, 0.3) is 0 Å². The van der Waals surface area contributed by atoms with Crippen LogP contribution >= 0.6 is 23.7 Å². The van der Waals surface area contributed by atoms with Gasteiger partial charge in [0.15, 0.2) is 0 Å². The summed E-state index contributed by atoms with van der Waals surface area (Å²) in [6.07, 6.45) is 3.33. The van der Waals surface area contributed by atoms with Crippen molar-refractivity contribution in [3.8, 4) is 0 Å². The topological polar surface area (TPSA) is 32.3 Å². The highest BCUT2D eigenvalue weighted by molar-refractivity contribution is 7.10. The molecule has 1 aromatic heterocycles. The molecule has 1 atom stereocenters. The molecule has 2 heterocycles. The monoisotopic (exact) mass is 288 g/mol. The highest BCUT2D eigenvalue weighted by Gasteiger charge is 2.23. The number of hydrogen-bond donors (Lipinski definition) is 1. The molecule has 1 saturated heterocycles. The summed E-state index contributed by atoms with van der Waals surface area (Å²) in [6.45, 7) is 3.81. The zero-order valence-corrected chi connectivity index (χ0v) is 12.6. The van der Waals surface area contributed by atoms with E-state index in [2.05, 4.69) is 23.7 Å². The van der Waals surface area contributed by atoms with Crippen LogP contribution in [0.5, 0.6) is 0 Å². The van der Waals surface area contributed by atoms with Crippen LogP contribution in [-0.2, 0) is 11.3 Å². The molecule has 0 aliphatic carbocycles. The Morgan fingerprint density at radius 2 is 2.33 bits per heavy atom. The molecule has 3 nitrogen and oxygen atoms in total. The molecule has 0 radical (unpaired) electrons. The first-order chi connectivity index (χ1) is 8.18. The number of nitrogens with one attached hydrogen (secondary N) is 1. The third-order valence-electron chi connectivity index (χ3n) is 3.33. The van der Waals surface area contributed by atoms with Crippen molar-refractivity contribution in [1.29, 1.82) is 0 Å². The van der Waals surface area contributed by atoms with Gasteiger partial charge in [-0.25, -0.2) is 0 Å². The third-order valence-corrected chi connectivity index (χ3v) is 4.34. The summed E-state index contributed by atoms with van der Waals surface area (Å²) in [5, 5.41) is 5.39. The summed E-state index contributed by atoms with van der Waals surface area (Å²) in [7, 11) is 1.90. The number of nitrogens with zero attached hydrogens (tertiary/aromatic N) is 1. The van der Waals surface area contributed by atoms with Crippen molar-refractivity contribution in [2.24, 2.45) is 0 Å². The van der Waals surface area contributed by atoms with Crippen LogP contribution in [0.2, 0.25) is 0 Å². The molecule has 1 amide bonds. The summed E-state index contributed by atoms with van der Waals surface area (Å²) in [5.41, 5.74) is 1.28. The van der Waals surface area contributed by atoms with Gasteiger partial charge in [-0.05, 0) is 43.3 Å². The van der Waals surface area contributed by atoms with Gasteiger partial charge in [-0.3, -0.25) is 4.79 Å². The SMILES string of the molecule is Cc1ccsc1CN(C)C(=O)C1CCCCN1.Cl. The third kappa shape index (κ3) is 3.70. The number of aryl methyl sites for hydroxylation is 1. The first kappa shape index (κ1) is 15.5. The van der Waals surface area contributed by atoms with Crippen LogP contribution in [0.1, 0.15) is 29.7 Å². The largest absolute Gasteiger partial charge is 0.339 e. The molecular weight excluding hydrogens is 268 g/mol. The van der Waals surface area contributed by atoms with Crippen molar-refractivity contribution in [1.82, 2.24) is 10.2 Å². The van der Waals surface area contributed by atoms with Gasteiger partial charge in [-0.2, -0.15) is 0 Å². The van der Waals surface area contributed by atoms with Gasteiger partial charge in [0.05, 0.1) is 12.6 Å². The maximum absolute atomic E-state index is 12.2. The van der Waals surface area contributed by atoms with E-state index in [0.717, 1.165) is 25.9 Å². The predicted molar refractivity (Wildman–Crippen MR) is 78.4 cm³/mol. The molecule has 1 aliphatic heterocycles. The molecular formula is C13H21ClN2OS. The van der Waals surface area contributed by atoms with E-state index in [-0.39, 0.29) is 24.4 Å². The number of thiophene rings is 1. The van der Waals surface area contributed by atoms with Crippen LogP contribution in [0.15, 0.2) is 11.4 Å². The Morgan fingerprint density at radius 3 is 2.89 bits per heavy atom. The number of rotatable bonds is 3. The highest BCUT2D eigenvalue weighted by Crippen LogP contribution is 2.18. The second-order valence-corrected chi connectivity index (χ2v) is 5.72. The number of carbonyl (C=O) groups excluding carboxylic acids is 1. The molecule has 18 heavy (non-hydrogen) atoms. The molecule has 1 fully saturated rings. The summed E-state index contributed by atoms with van der Waals surface area (Å²) in [4.78, 5) is 15.3. The summed E-state index contributed by atoms with van der Waals surface area (Å²) < 4.78 is 0. The van der Waals surface area contributed by atoms with Crippen LogP contribution in [0.3, 0.4) is 0 Å². The maximum Gasteiger partial charge on any atom is 0.239 e. The molecule has 5 heteroatoms. The van der Waals surface area contributed by atoms with E-state index in [9.17, 15) is 4.79 Å². The van der Waals surface area contributed by atoms with Crippen molar-refractivity contribution in [3.63, 3.8) is 0 Å². The fraction of sp³-hybridized carbons (Fsp3) is 0.615. The first-order valence-electron chi connectivity index (χ1n) is 6.20. The number of amides is 1. The molecule has 102 valence electrons. The average molecular weight is 289 g/mol. The van der Waals surface area contributed by atoms with E-state index in [4.69, 9.17) is 0 Å². The number of carbonyl (C=O) groups is 1. The maximum atomic E-state index is 12.2. The van der Waals surface area contributed by atoms with Crippen LogP contribution in [-0.4, -0.2) is 30.4 Å². The highest BCUT2D eigenvalue weighted by atomic mass is 35.5. The standard InChI is InChI=1S/C13H20N2OS.ClH/c1-10-6-8-17-12(10)9-15(2)13(16)11-5-3-4-7-14-11;/h6,8,11,14H,3-5,7,9H2,1-2H3;1H. The summed E-state index contributed by atoms with van der Waals surface area (Å²) in [6, 6.07) is 2.14. The zero-order valence-electron chi connectivity index (χ0n) is 10.9. The van der Waals surface area contributed by atoms with Crippen molar-refractivity contribution in [3.05, 3.63) is 21.9 Å². The number of likely N-dealkylation sites (N-methyl/N-ethyl adjacent to an activating group) is 1. The molecule has 1 aromatic rings. The van der Waals surface area contributed by atoms with Crippen molar-refractivity contribution in [2.45, 2.75) is 38.8 Å². The lowest BCUT2D eigenvalue weighted by atomic mass is 10.0. The fourth-order valence-electron chi connectivity index (χ4n) is 2.19. The molecule has 1 N–H and O–H groups in total. The minimum absolute atomic E-state index is 0. The normalized spacial score (nSPS) is 19.1. The van der Waals surface area contributed by atoms with E-state index in [0.29, 0.717) is 0 Å². The van der Waals surface area contributed by atoms with Crippen LogP contribution in [0.4, 0.5) is 0 Å². The zero-order chi connectivity index (χ0) is 12.3. The van der Waals surface area contributed by atoms with E-state index in [1.807, 2.05) is 11.9 Å². The molecule has 2 rings (SSSR count).